The maximum atomic E-state index is 11.3. The van der Waals surface area contributed by atoms with E-state index in [1.807, 2.05) is 6.92 Å². The molecule has 7 nitrogen and oxygen atoms in total. The molecule has 0 aromatic carbocycles. The van der Waals surface area contributed by atoms with E-state index in [1.54, 1.807) is 19.2 Å². The van der Waals surface area contributed by atoms with Crippen LogP contribution in [0.3, 0.4) is 0 Å². The molecule has 2 N–H and O–H groups in total. The highest BCUT2D eigenvalue weighted by molar-refractivity contribution is 5.91. The Morgan fingerprint density at radius 3 is 2.68 bits per heavy atom. The number of ether oxygens (including phenoxy) is 2. The summed E-state index contributed by atoms with van der Waals surface area (Å²) in [6, 6.07) is 3.34. The Bertz CT molecular complexity index is 429. The SMILES string of the molecule is CNC(=O)c1ccc(NCCC2(C)OCCO2)nn1. The summed E-state index contributed by atoms with van der Waals surface area (Å²) in [6.45, 7) is 3.85. The number of carbonyl (C=O) groups is 1. The van der Waals surface area contributed by atoms with Crippen LogP contribution in [0.4, 0.5) is 5.82 Å². The standard InChI is InChI=1S/C12H18N4O3/c1-12(18-7-8-19-12)5-6-14-10-4-3-9(15-16-10)11(17)13-2/h3-4H,5-8H2,1-2H3,(H,13,17)(H,14,16). The molecular formula is C12H18N4O3. The maximum Gasteiger partial charge on any atom is 0.271 e. The van der Waals surface area contributed by atoms with Crippen molar-refractivity contribution in [3.8, 4) is 0 Å². The second-order valence-electron chi connectivity index (χ2n) is 4.39. The van der Waals surface area contributed by atoms with Gasteiger partial charge in [0.05, 0.1) is 13.2 Å². The fraction of sp³-hybridized carbons (Fsp3) is 0.583. The van der Waals surface area contributed by atoms with Crippen molar-refractivity contribution in [2.75, 3.05) is 32.1 Å². The molecule has 1 saturated heterocycles. The Morgan fingerprint density at radius 2 is 2.11 bits per heavy atom. The summed E-state index contributed by atoms with van der Waals surface area (Å²) < 4.78 is 11.0. The number of hydrogen-bond donors (Lipinski definition) is 2. The van der Waals surface area contributed by atoms with E-state index < -0.39 is 5.79 Å². The topological polar surface area (TPSA) is 85.4 Å². The van der Waals surface area contributed by atoms with E-state index in [0.717, 1.165) is 0 Å². The molecule has 2 rings (SSSR count). The molecule has 0 saturated carbocycles. The van der Waals surface area contributed by atoms with Crippen LogP contribution in [-0.2, 0) is 9.47 Å². The minimum atomic E-state index is -0.511. The first-order valence-corrected chi connectivity index (χ1v) is 6.20. The molecule has 19 heavy (non-hydrogen) atoms. The van der Waals surface area contributed by atoms with Crippen molar-refractivity contribution in [3.63, 3.8) is 0 Å². The van der Waals surface area contributed by atoms with Gasteiger partial charge in [-0.25, -0.2) is 0 Å². The van der Waals surface area contributed by atoms with E-state index in [9.17, 15) is 4.79 Å². The minimum absolute atomic E-state index is 0.251. The van der Waals surface area contributed by atoms with Gasteiger partial charge in [-0.05, 0) is 19.1 Å². The van der Waals surface area contributed by atoms with Crippen molar-refractivity contribution in [1.29, 1.82) is 0 Å². The van der Waals surface area contributed by atoms with Crippen molar-refractivity contribution in [2.24, 2.45) is 0 Å². The zero-order valence-corrected chi connectivity index (χ0v) is 11.1. The molecule has 0 spiro atoms. The smallest absolute Gasteiger partial charge is 0.271 e. The molecule has 1 aliphatic rings. The molecule has 0 unspecified atom stereocenters. The molecule has 1 fully saturated rings. The number of rotatable bonds is 5. The Labute approximate surface area is 111 Å². The number of nitrogens with one attached hydrogen (secondary N) is 2. The van der Waals surface area contributed by atoms with Crippen LogP contribution in [0.2, 0.25) is 0 Å². The Kier molecular flexibility index (Phi) is 4.28. The average molecular weight is 266 g/mol. The van der Waals surface area contributed by atoms with E-state index in [1.165, 1.54) is 0 Å². The van der Waals surface area contributed by atoms with E-state index in [4.69, 9.17) is 9.47 Å². The summed E-state index contributed by atoms with van der Waals surface area (Å²) >= 11 is 0. The van der Waals surface area contributed by atoms with Crippen molar-refractivity contribution in [2.45, 2.75) is 19.1 Å². The fourth-order valence-corrected chi connectivity index (χ4v) is 1.79. The molecule has 0 aliphatic carbocycles. The lowest BCUT2D eigenvalue weighted by atomic mass is 10.2. The van der Waals surface area contributed by atoms with Gasteiger partial charge in [-0.1, -0.05) is 0 Å². The van der Waals surface area contributed by atoms with Gasteiger partial charge < -0.3 is 20.1 Å². The average Bonchev–Trinajstić information content (AvgIpc) is 2.86. The van der Waals surface area contributed by atoms with Crippen LogP contribution < -0.4 is 10.6 Å². The largest absolute Gasteiger partial charge is 0.368 e. The summed E-state index contributed by atoms with van der Waals surface area (Å²) in [7, 11) is 1.55. The Morgan fingerprint density at radius 1 is 1.37 bits per heavy atom. The number of amides is 1. The predicted molar refractivity (Wildman–Crippen MR) is 68.8 cm³/mol. The van der Waals surface area contributed by atoms with Gasteiger partial charge in [-0.15, -0.1) is 10.2 Å². The molecule has 1 amide bonds. The quantitative estimate of drug-likeness (QED) is 0.802. The summed E-state index contributed by atoms with van der Waals surface area (Å²) in [5, 5.41) is 13.4. The first kappa shape index (κ1) is 13.7. The monoisotopic (exact) mass is 266 g/mol. The van der Waals surface area contributed by atoms with Crippen LogP contribution in [0.15, 0.2) is 12.1 Å². The molecule has 1 aliphatic heterocycles. The van der Waals surface area contributed by atoms with Crippen LogP contribution in [0, 0.1) is 0 Å². The highest BCUT2D eigenvalue weighted by atomic mass is 16.7. The van der Waals surface area contributed by atoms with Crippen molar-refractivity contribution < 1.29 is 14.3 Å². The second-order valence-corrected chi connectivity index (χ2v) is 4.39. The normalized spacial score (nSPS) is 17.2. The third-order valence-corrected chi connectivity index (χ3v) is 2.91. The lowest BCUT2D eigenvalue weighted by Gasteiger charge is -2.22. The first-order chi connectivity index (χ1) is 9.13. The van der Waals surface area contributed by atoms with Crippen LogP contribution in [0.5, 0.6) is 0 Å². The van der Waals surface area contributed by atoms with E-state index in [0.29, 0.717) is 37.7 Å². The van der Waals surface area contributed by atoms with Gasteiger partial charge in [0.1, 0.15) is 5.82 Å². The van der Waals surface area contributed by atoms with Gasteiger partial charge in [0.2, 0.25) is 0 Å². The van der Waals surface area contributed by atoms with Crippen molar-refractivity contribution in [3.05, 3.63) is 17.8 Å². The van der Waals surface area contributed by atoms with Crippen LogP contribution in [0.1, 0.15) is 23.8 Å². The third-order valence-electron chi connectivity index (χ3n) is 2.91. The van der Waals surface area contributed by atoms with Gasteiger partial charge in [-0.2, -0.15) is 0 Å². The highest BCUT2D eigenvalue weighted by Crippen LogP contribution is 2.22. The summed E-state index contributed by atoms with van der Waals surface area (Å²) in [5.41, 5.74) is 0.294. The van der Waals surface area contributed by atoms with E-state index in [-0.39, 0.29) is 5.91 Å². The van der Waals surface area contributed by atoms with Crippen molar-refractivity contribution >= 4 is 11.7 Å². The van der Waals surface area contributed by atoms with Gasteiger partial charge in [0, 0.05) is 20.0 Å². The van der Waals surface area contributed by atoms with E-state index in [2.05, 4.69) is 20.8 Å². The lowest BCUT2D eigenvalue weighted by Crippen LogP contribution is -2.28. The molecule has 104 valence electrons. The van der Waals surface area contributed by atoms with Gasteiger partial charge in [-0.3, -0.25) is 4.79 Å². The molecule has 2 heterocycles. The lowest BCUT2D eigenvalue weighted by molar-refractivity contribution is -0.144. The summed E-state index contributed by atoms with van der Waals surface area (Å²) in [6.07, 6.45) is 0.714. The molecule has 1 aromatic heterocycles. The molecular weight excluding hydrogens is 248 g/mol. The Hall–Kier alpha value is -1.73. The minimum Gasteiger partial charge on any atom is -0.368 e. The second kappa shape index (κ2) is 5.94. The summed E-state index contributed by atoms with van der Waals surface area (Å²) in [5.74, 6) is -0.142. The number of anilines is 1. The number of nitrogens with zero attached hydrogens (tertiary/aromatic N) is 2. The molecule has 7 heteroatoms. The van der Waals surface area contributed by atoms with E-state index >= 15 is 0 Å². The highest BCUT2D eigenvalue weighted by Gasteiger charge is 2.30. The number of carbonyl (C=O) groups excluding carboxylic acids is 1. The zero-order chi connectivity index (χ0) is 13.7. The predicted octanol–water partition coefficient (Wildman–Crippen LogP) is 0.401. The first-order valence-electron chi connectivity index (χ1n) is 6.20. The maximum absolute atomic E-state index is 11.3. The Balaban J connectivity index is 1.81. The molecule has 0 bridgehead atoms. The zero-order valence-electron chi connectivity index (χ0n) is 11.1. The van der Waals surface area contributed by atoms with Gasteiger partial charge in [0.25, 0.3) is 5.91 Å². The summed E-state index contributed by atoms with van der Waals surface area (Å²) in [4.78, 5) is 11.3. The van der Waals surface area contributed by atoms with Gasteiger partial charge in [0.15, 0.2) is 11.5 Å². The number of hydrogen-bond acceptors (Lipinski definition) is 6. The van der Waals surface area contributed by atoms with Crippen LogP contribution in [-0.4, -0.2) is 48.7 Å². The third kappa shape index (κ3) is 3.62. The number of aromatic nitrogens is 2. The molecule has 0 atom stereocenters. The molecule has 1 aromatic rings. The molecule has 0 radical (unpaired) electrons. The van der Waals surface area contributed by atoms with Crippen LogP contribution in [0.25, 0.3) is 0 Å². The fourth-order valence-electron chi connectivity index (χ4n) is 1.79. The van der Waals surface area contributed by atoms with Crippen LogP contribution >= 0.6 is 0 Å². The van der Waals surface area contributed by atoms with Crippen molar-refractivity contribution in [1.82, 2.24) is 15.5 Å². The van der Waals surface area contributed by atoms with Gasteiger partial charge >= 0.3 is 0 Å².